The molecule has 3 N–H and O–H groups in total. The van der Waals surface area contributed by atoms with Crippen molar-refractivity contribution in [2.24, 2.45) is 17.6 Å². The molecule has 0 aromatic carbocycles. The Labute approximate surface area is 197 Å². The molecule has 0 radical (unpaired) electrons. The van der Waals surface area contributed by atoms with Gasteiger partial charge in [0, 0.05) is 41.9 Å². The Morgan fingerprint density at radius 2 is 1.97 bits per heavy atom. The highest BCUT2D eigenvalue weighted by Gasteiger charge is 2.56. The number of esters is 1. The van der Waals surface area contributed by atoms with Crippen molar-refractivity contribution in [2.45, 2.75) is 56.3 Å². The predicted octanol–water partition coefficient (Wildman–Crippen LogP) is 2.29. The molecule has 5 heterocycles. The summed E-state index contributed by atoms with van der Waals surface area (Å²) in [6.45, 7) is 2.05. The Morgan fingerprint density at radius 3 is 2.58 bits per heavy atom. The fourth-order valence-corrected chi connectivity index (χ4v) is 7.23. The topological polar surface area (TPSA) is 115 Å². The maximum atomic E-state index is 13.6. The van der Waals surface area contributed by atoms with Crippen molar-refractivity contribution in [1.82, 2.24) is 9.97 Å². The lowest BCUT2D eigenvalue weighted by Crippen LogP contribution is -2.67. The van der Waals surface area contributed by atoms with E-state index in [2.05, 4.69) is 9.97 Å². The Bertz CT molecular complexity index is 987. The zero-order valence-electron chi connectivity index (χ0n) is 18.6. The van der Waals surface area contributed by atoms with E-state index in [9.17, 15) is 14.7 Å². The summed E-state index contributed by atoms with van der Waals surface area (Å²) in [5, 5.41) is 13.6. The second-order valence-electron chi connectivity index (χ2n) is 9.79. The lowest BCUT2D eigenvalue weighted by Gasteiger charge is -2.54. The minimum Gasteiger partial charge on any atom is -0.454 e. The standard InChI is InChI=1S/C24H30N4O4S/c25-22(29)21(18-14-26-9-10-27-18)28-11-7-16(8-12-28)19(15-28)32-23(30)24(31,17-4-1-2-5-17)20-6-3-13-33-20/h3,6,9-10,13-14,16-17,19,21,31H,1-2,4-5,7-8,11-12,15H2,(H-,25,29)/p+1/t16?,19-,21?,24?,28?/m0/s1. The Kier molecular flexibility index (Phi) is 5.96. The fourth-order valence-electron chi connectivity index (χ4n) is 6.34. The van der Waals surface area contributed by atoms with Crippen LogP contribution in [0.15, 0.2) is 36.1 Å². The second kappa shape index (κ2) is 8.77. The van der Waals surface area contributed by atoms with E-state index in [1.807, 2.05) is 17.5 Å². The number of hydrogen-bond acceptors (Lipinski definition) is 7. The van der Waals surface area contributed by atoms with Gasteiger partial charge in [-0.05, 0) is 24.3 Å². The first-order chi connectivity index (χ1) is 15.9. The van der Waals surface area contributed by atoms with Crippen molar-refractivity contribution < 1.29 is 23.9 Å². The van der Waals surface area contributed by atoms with E-state index in [-0.39, 0.29) is 17.9 Å². The normalized spacial score (nSPS) is 30.0. The SMILES string of the molecule is NC(=O)C(c1cnccn1)[N+]12CCC(CC1)[C@@H](OC(=O)C(O)(c1cccs1)C1CCCC1)C2. The van der Waals surface area contributed by atoms with Crippen LogP contribution in [0.4, 0.5) is 0 Å². The average molecular weight is 472 g/mol. The third-order valence-electron chi connectivity index (χ3n) is 8.05. The van der Waals surface area contributed by atoms with Crippen molar-refractivity contribution in [3.63, 3.8) is 0 Å². The van der Waals surface area contributed by atoms with Crippen molar-refractivity contribution in [3.05, 3.63) is 46.7 Å². The molecule has 2 aromatic heterocycles. The average Bonchev–Trinajstić information content (AvgIpc) is 3.55. The third kappa shape index (κ3) is 3.86. The number of carbonyl (C=O) groups is 2. The van der Waals surface area contributed by atoms with Gasteiger partial charge in [0.15, 0.2) is 11.7 Å². The molecule has 2 unspecified atom stereocenters. The second-order valence-corrected chi connectivity index (χ2v) is 10.7. The third-order valence-corrected chi connectivity index (χ3v) is 9.05. The lowest BCUT2D eigenvalue weighted by molar-refractivity contribution is -0.965. The maximum Gasteiger partial charge on any atom is 0.344 e. The summed E-state index contributed by atoms with van der Waals surface area (Å²) < 4.78 is 6.55. The van der Waals surface area contributed by atoms with Gasteiger partial charge in [-0.1, -0.05) is 18.9 Å². The van der Waals surface area contributed by atoms with Crippen molar-refractivity contribution >= 4 is 23.2 Å². The zero-order chi connectivity index (χ0) is 23.1. The molecule has 4 fully saturated rings. The molecule has 1 saturated carbocycles. The summed E-state index contributed by atoms with van der Waals surface area (Å²) in [5.41, 5.74) is 4.81. The Balaban J connectivity index is 1.41. The highest BCUT2D eigenvalue weighted by atomic mass is 32.1. The molecule has 9 heteroatoms. The number of piperidine rings is 3. The van der Waals surface area contributed by atoms with Gasteiger partial charge in [-0.2, -0.15) is 0 Å². The molecule has 176 valence electrons. The minimum atomic E-state index is -1.62. The summed E-state index contributed by atoms with van der Waals surface area (Å²) in [6, 6.07) is 3.05. The van der Waals surface area contributed by atoms with Crippen LogP contribution in [-0.4, -0.2) is 57.2 Å². The summed E-state index contributed by atoms with van der Waals surface area (Å²) >= 11 is 1.40. The number of aromatic nitrogens is 2. The van der Waals surface area contributed by atoms with E-state index in [1.165, 1.54) is 11.3 Å². The van der Waals surface area contributed by atoms with Crippen LogP contribution in [0.2, 0.25) is 0 Å². The zero-order valence-corrected chi connectivity index (χ0v) is 19.5. The molecule has 1 aliphatic carbocycles. The van der Waals surface area contributed by atoms with Crippen LogP contribution in [0, 0.1) is 11.8 Å². The van der Waals surface area contributed by atoms with Gasteiger partial charge in [0.25, 0.3) is 5.91 Å². The van der Waals surface area contributed by atoms with E-state index >= 15 is 0 Å². The van der Waals surface area contributed by atoms with Crippen molar-refractivity contribution in [1.29, 1.82) is 0 Å². The van der Waals surface area contributed by atoms with Crippen molar-refractivity contribution in [2.75, 3.05) is 19.6 Å². The maximum absolute atomic E-state index is 13.6. The summed E-state index contributed by atoms with van der Waals surface area (Å²) in [5.74, 6) is -0.905. The lowest BCUT2D eigenvalue weighted by atomic mass is 9.80. The van der Waals surface area contributed by atoms with Gasteiger partial charge in [-0.25, -0.2) is 4.79 Å². The number of rotatable bonds is 7. The minimum absolute atomic E-state index is 0.133. The van der Waals surface area contributed by atoms with E-state index < -0.39 is 23.5 Å². The van der Waals surface area contributed by atoms with E-state index in [4.69, 9.17) is 10.5 Å². The van der Waals surface area contributed by atoms with Gasteiger partial charge in [-0.3, -0.25) is 14.8 Å². The molecule has 6 rings (SSSR count). The molecule has 8 nitrogen and oxygen atoms in total. The first-order valence-electron chi connectivity index (χ1n) is 11.8. The number of aliphatic hydroxyl groups is 1. The quantitative estimate of drug-likeness (QED) is 0.473. The molecule has 3 saturated heterocycles. The van der Waals surface area contributed by atoms with Crippen LogP contribution < -0.4 is 5.73 Å². The number of hydrogen-bond donors (Lipinski definition) is 2. The molecular formula is C24H31N4O4S+. The largest absolute Gasteiger partial charge is 0.454 e. The van der Waals surface area contributed by atoms with Gasteiger partial charge >= 0.3 is 5.97 Å². The number of nitrogens with two attached hydrogens (primary N) is 1. The first-order valence-corrected chi connectivity index (χ1v) is 12.7. The van der Waals surface area contributed by atoms with Crippen LogP contribution in [0.25, 0.3) is 0 Å². The molecule has 0 spiro atoms. The van der Waals surface area contributed by atoms with Crippen LogP contribution >= 0.6 is 11.3 Å². The van der Waals surface area contributed by atoms with Crippen LogP contribution in [-0.2, 0) is 19.9 Å². The smallest absolute Gasteiger partial charge is 0.344 e. The predicted molar refractivity (Wildman–Crippen MR) is 122 cm³/mol. The van der Waals surface area contributed by atoms with Gasteiger partial charge < -0.3 is 20.1 Å². The summed E-state index contributed by atoms with van der Waals surface area (Å²) in [7, 11) is 0. The molecule has 33 heavy (non-hydrogen) atoms. The summed E-state index contributed by atoms with van der Waals surface area (Å²) in [6.07, 6.45) is 9.69. The van der Waals surface area contributed by atoms with E-state index in [0.29, 0.717) is 21.6 Å². The van der Waals surface area contributed by atoms with Gasteiger partial charge in [0.05, 0.1) is 19.3 Å². The Morgan fingerprint density at radius 1 is 1.21 bits per heavy atom. The highest BCUT2D eigenvalue weighted by molar-refractivity contribution is 7.10. The van der Waals surface area contributed by atoms with Crippen LogP contribution in [0.3, 0.4) is 0 Å². The molecule has 3 aliphatic heterocycles. The molecular weight excluding hydrogens is 440 g/mol. The Hall–Kier alpha value is -2.36. The molecule has 2 aromatic rings. The van der Waals surface area contributed by atoms with Crippen LogP contribution in [0.1, 0.15) is 55.1 Å². The molecule has 2 bridgehead atoms. The number of primary amides is 1. The number of fused-ring (bicyclic) bond motifs is 3. The fraction of sp³-hybridized carbons (Fsp3) is 0.583. The number of ether oxygens (including phenoxy) is 1. The van der Waals surface area contributed by atoms with Gasteiger partial charge in [0.1, 0.15) is 12.2 Å². The molecule has 1 amide bonds. The number of nitrogens with zero attached hydrogens (tertiary/aromatic N) is 3. The van der Waals surface area contributed by atoms with E-state index in [1.54, 1.807) is 18.6 Å². The number of quaternary nitrogens is 1. The van der Waals surface area contributed by atoms with E-state index in [0.717, 1.165) is 51.6 Å². The number of amides is 1. The van der Waals surface area contributed by atoms with Crippen molar-refractivity contribution in [3.8, 4) is 0 Å². The first kappa shape index (κ1) is 22.4. The molecule has 3 atom stereocenters. The van der Waals surface area contributed by atoms with Crippen LogP contribution in [0.5, 0.6) is 0 Å². The number of carbonyl (C=O) groups excluding carboxylic acids is 2. The van der Waals surface area contributed by atoms with Gasteiger partial charge in [-0.15, -0.1) is 11.3 Å². The molecule has 4 aliphatic rings. The number of thiophene rings is 1. The highest BCUT2D eigenvalue weighted by Crippen LogP contribution is 2.46. The summed E-state index contributed by atoms with van der Waals surface area (Å²) in [4.78, 5) is 35.3. The van der Waals surface area contributed by atoms with Gasteiger partial charge in [0.2, 0.25) is 6.04 Å². The monoisotopic (exact) mass is 471 g/mol.